The van der Waals surface area contributed by atoms with Crippen LogP contribution in [0.4, 0.5) is 0 Å². The Morgan fingerprint density at radius 2 is 1.96 bits per heavy atom. The van der Waals surface area contributed by atoms with E-state index in [1.165, 1.54) is 5.56 Å². The topological polar surface area (TPSA) is 57.8 Å². The zero-order valence-electron chi connectivity index (χ0n) is 13.3. The molecule has 0 spiro atoms. The maximum Gasteiger partial charge on any atom is 0.287 e. The zero-order chi connectivity index (χ0) is 16.2. The van der Waals surface area contributed by atoms with E-state index < -0.39 is 0 Å². The number of hydrogen-bond donors (Lipinski definition) is 2. The quantitative estimate of drug-likeness (QED) is 0.886. The molecule has 1 aromatic heterocycles. The molecule has 1 aliphatic carbocycles. The van der Waals surface area contributed by atoms with Crippen LogP contribution < -0.4 is 5.32 Å². The molecule has 1 aliphatic rings. The first-order valence-corrected chi connectivity index (χ1v) is 8.65. The third-order valence-corrected chi connectivity index (χ3v) is 4.94. The Morgan fingerprint density at radius 1 is 1.26 bits per heavy atom. The molecule has 1 aromatic carbocycles. The second kappa shape index (κ2) is 7.18. The number of rotatable bonds is 4. The SMILES string of the molecule is CCc1[nH]c(C(=O)NC2CCC(c3ccccc3)CC2)nc1Cl. The Balaban J connectivity index is 1.55. The third kappa shape index (κ3) is 3.75. The number of aromatic nitrogens is 2. The molecule has 1 saturated carbocycles. The molecule has 5 heteroatoms. The number of aryl methyl sites for hydroxylation is 1. The van der Waals surface area contributed by atoms with Gasteiger partial charge in [-0.3, -0.25) is 4.79 Å². The van der Waals surface area contributed by atoms with E-state index in [4.69, 9.17) is 11.6 Å². The standard InChI is InChI=1S/C18H22ClN3O/c1-2-15-16(19)22-17(21-15)18(23)20-14-10-8-13(9-11-14)12-6-4-3-5-7-12/h3-7,13-14H,2,8-11H2,1H3,(H,20,23)(H,21,22). The van der Waals surface area contributed by atoms with Gasteiger partial charge in [0, 0.05) is 6.04 Å². The van der Waals surface area contributed by atoms with Crippen molar-refractivity contribution in [1.82, 2.24) is 15.3 Å². The summed E-state index contributed by atoms with van der Waals surface area (Å²) in [6.07, 6.45) is 4.95. The zero-order valence-corrected chi connectivity index (χ0v) is 14.1. The van der Waals surface area contributed by atoms with Crippen molar-refractivity contribution in [2.24, 2.45) is 0 Å². The van der Waals surface area contributed by atoms with Crippen molar-refractivity contribution in [1.29, 1.82) is 0 Å². The molecule has 4 nitrogen and oxygen atoms in total. The Labute approximate surface area is 141 Å². The summed E-state index contributed by atoms with van der Waals surface area (Å²) in [5, 5.41) is 3.47. The molecule has 1 amide bonds. The van der Waals surface area contributed by atoms with E-state index in [0.29, 0.717) is 16.9 Å². The van der Waals surface area contributed by atoms with Gasteiger partial charge in [0.05, 0.1) is 5.69 Å². The second-order valence-electron chi connectivity index (χ2n) is 6.14. The van der Waals surface area contributed by atoms with Crippen LogP contribution >= 0.6 is 11.6 Å². The highest BCUT2D eigenvalue weighted by Gasteiger charge is 2.24. The lowest BCUT2D eigenvalue weighted by atomic mass is 9.82. The summed E-state index contributed by atoms with van der Waals surface area (Å²) in [4.78, 5) is 19.4. The van der Waals surface area contributed by atoms with Crippen molar-refractivity contribution in [2.45, 2.75) is 51.0 Å². The van der Waals surface area contributed by atoms with Crippen LogP contribution in [0, 0.1) is 0 Å². The number of benzene rings is 1. The fraction of sp³-hybridized carbons (Fsp3) is 0.444. The number of carbonyl (C=O) groups excluding carboxylic acids is 1. The smallest absolute Gasteiger partial charge is 0.287 e. The van der Waals surface area contributed by atoms with Crippen molar-refractivity contribution < 1.29 is 4.79 Å². The molecular formula is C18H22ClN3O. The largest absolute Gasteiger partial charge is 0.347 e. The van der Waals surface area contributed by atoms with E-state index >= 15 is 0 Å². The Kier molecular flexibility index (Phi) is 5.01. The van der Waals surface area contributed by atoms with Crippen molar-refractivity contribution in [2.75, 3.05) is 0 Å². The van der Waals surface area contributed by atoms with E-state index in [1.807, 2.05) is 6.92 Å². The fourth-order valence-electron chi connectivity index (χ4n) is 3.28. The van der Waals surface area contributed by atoms with Gasteiger partial charge < -0.3 is 10.3 Å². The number of hydrogen-bond acceptors (Lipinski definition) is 2. The van der Waals surface area contributed by atoms with Crippen molar-refractivity contribution in [3.63, 3.8) is 0 Å². The molecule has 2 aromatic rings. The van der Waals surface area contributed by atoms with Crippen molar-refractivity contribution >= 4 is 17.5 Å². The predicted molar refractivity (Wildman–Crippen MR) is 91.9 cm³/mol. The number of aromatic amines is 1. The minimum Gasteiger partial charge on any atom is -0.347 e. The minimum atomic E-state index is -0.158. The van der Waals surface area contributed by atoms with Crippen LogP contribution in [0.15, 0.2) is 30.3 Å². The first-order valence-electron chi connectivity index (χ1n) is 8.27. The summed E-state index contributed by atoms with van der Waals surface area (Å²) in [6, 6.07) is 10.8. The molecule has 0 unspecified atom stereocenters. The molecular weight excluding hydrogens is 310 g/mol. The average Bonchev–Trinajstić information content (AvgIpc) is 2.97. The number of nitrogens with zero attached hydrogens (tertiary/aromatic N) is 1. The van der Waals surface area contributed by atoms with Crippen LogP contribution in [-0.4, -0.2) is 21.9 Å². The fourth-order valence-corrected chi connectivity index (χ4v) is 3.55. The summed E-state index contributed by atoms with van der Waals surface area (Å²) in [5.74, 6) is 0.765. The van der Waals surface area contributed by atoms with Gasteiger partial charge in [0.1, 0.15) is 0 Å². The van der Waals surface area contributed by atoms with E-state index in [0.717, 1.165) is 37.8 Å². The van der Waals surface area contributed by atoms with Crippen LogP contribution in [0.2, 0.25) is 5.15 Å². The average molecular weight is 332 g/mol. The normalized spacial score (nSPS) is 21.1. The highest BCUT2D eigenvalue weighted by Crippen LogP contribution is 2.32. The molecule has 122 valence electrons. The van der Waals surface area contributed by atoms with Crippen molar-refractivity contribution in [3.8, 4) is 0 Å². The summed E-state index contributed by atoms with van der Waals surface area (Å²) in [7, 11) is 0. The molecule has 0 bridgehead atoms. The summed E-state index contributed by atoms with van der Waals surface area (Å²) >= 11 is 6.00. The number of nitrogens with one attached hydrogen (secondary N) is 2. The van der Waals surface area contributed by atoms with Gasteiger partial charge in [-0.2, -0.15) is 0 Å². The Morgan fingerprint density at radius 3 is 2.57 bits per heavy atom. The third-order valence-electron chi connectivity index (χ3n) is 4.63. The number of halogens is 1. The molecule has 0 atom stereocenters. The van der Waals surface area contributed by atoms with Crippen LogP contribution in [-0.2, 0) is 6.42 Å². The molecule has 1 fully saturated rings. The van der Waals surface area contributed by atoms with Crippen LogP contribution in [0.3, 0.4) is 0 Å². The highest BCUT2D eigenvalue weighted by atomic mass is 35.5. The van der Waals surface area contributed by atoms with Gasteiger partial charge in [-0.15, -0.1) is 0 Å². The highest BCUT2D eigenvalue weighted by molar-refractivity contribution is 6.30. The van der Waals surface area contributed by atoms with Gasteiger partial charge in [0.15, 0.2) is 11.0 Å². The van der Waals surface area contributed by atoms with Gasteiger partial charge in [-0.1, -0.05) is 48.9 Å². The van der Waals surface area contributed by atoms with E-state index in [2.05, 4.69) is 45.6 Å². The second-order valence-corrected chi connectivity index (χ2v) is 6.50. The maximum absolute atomic E-state index is 12.3. The van der Waals surface area contributed by atoms with E-state index in [9.17, 15) is 4.79 Å². The monoisotopic (exact) mass is 331 g/mol. The van der Waals surface area contributed by atoms with Crippen LogP contribution in [0.25, 0.3) is 0 Å². The number of imidazole rings is 1. The molecule has 23 heavy (non-hydrogen) atoms. The number of H-pyrrole nitrogens is 1. The maximum atomic E-state index is 12.3. The predicted octanol–water partition coefficient (Wildman–Crippen LogP) is 4.08. The summed E-state index contributed by atoms with van der Waals surface area (Å²) in [5.41, 5.74) is 2.22. The first-order chi connectivity index (χ1) is 11.2. The van der Waals surface area contributed by atoms with E-state index in [1.54, 1.807) is 0 Å². The summed E-state index contributed by atoms with van der Waals surface area (Å²) < 4.78 is 0. The van der Waals surface area contributed by atoms with Gasteiger partial charge in [-0.05, 0) is 43.6 Å². The van der Waals surface area contributed by atoms with E-state index in [-0.39, 0.29) is 11.9 Å². The molecule has 0 saturated heterocycles. The number of carbonyl (C=O) groups is 1. The first kappa shape index (κ1) is 16.1. The molecule has 0 aliphatic heterocycles. The number of amides is 1. The molecule has 1 heterocycles. The van der Waals surface area contributed by atoms with Gasteiger partial charge in [0.2, 0.25) is 0 Å². The van der Waals surface area contributed by atoms with Gasteiger partial charge in [-0.25, -0.2) is 4.98 Å². The Hall–Kier alpha value is -1.81. The lowest BCUT2D eigenvalue weighted by Crippen LogP contribution is -2.37. The lowest BCUT2D eigenvalue weighted by molar-refractivity contribution is 0.0916. The van der Waals surface area contributed by atoms with Gasteiger partial charge >= 0.3 is 0 Å². The summed E-state index contributed by atoms with van der Waals surface area (Å²) in [6.45, 7) is 1.98. The van der Waals surface area contributed by atoms with Crippen LogP contribution in [0.5, 0.6) is 0 Å². The molecule has 0 radical (unpaired) electrons. The lowest BCUT2D eigenvalue weighted by Gasteiger charge is -2.29. The molecule has 3 rings (SSSR count). The van der Waals surface area contributed by atoms with Gasteiger partial charge in [0.25, 0.3) is 5.91 Å². The Bertz CT molecular complexity index is 660. The minimum absolute atomic E-state index is 0.158. The van der Waals surface area contributed by atoms with Crippen LogP contribution in [0.1, 0.15) is 60.4 Å². The molecule has 2 N–H and O–H groups in total. The van der Waals surface area contributed by atoms with Crippen molar-refractivity contribution in [3.05, 3.63) is 52.6 Å².